The van der Waals surface area contributed by atoms with E-state index >= 15 is 0 Å². The second-order valence-corrected chi connectivity index (χ2v) is 5.45. The summed E-state index contributed by atoms with van der Waals surface area (Å²) in [6, 6.07) is 9.58. The maximum atomic E-state index is 11.7. The number of carbonyl (C=O) groups is 1. The molecule has 2 heterocycles. The van der Waals surface area contributed by atoms with Crippen molar-refractivity contribution in [1.82, 2.24) is 20.4 Å². The minimum atomic E-state index is -0.0672. The summed E-state index contributed by atoms with van der Waals surface area (Å²) in [4.78, 5) is 17.8. The Morgan fingerprint density at radius 1 is 1.43 bits per heavy atom. The molecular weight excluding hydrogens is 296 g/mol. The van der Waals surface area contributed by atoms with E-state index in [1.807, 2.05) is 30.3 Å². The van der Waals surface area contributed by atoms with Gasteiger partial charge in [-0.25, -0.2) is 4.79 Å². The second-order valence-electron chi connectivity index (χ2n) is 5.45. The number of hydrogen-bond donors (Lipinski definition) is 1. The molecule has 1 aromatic heterocycles. The zero-order valence-corrected chi connectivity index (χ0v) is 13.1. The quantitative estimate of drug-likeness (QED) is 0.934. The number of aromatic nitrogens is 2. The Balaban J connectivity index is 1.54. The van der Waals surface area contributed by atoms with Gasteiger partial charge in [0.05, 0.1) is 6.10 Å². The third-order valence-electron chi connectivity index (χ3n) is 3.82. The molecule has 1 aliphatic rings. The molecule has 1 fully saturated rings. The second kappa shape index (κ2) is 7.23. The van der Waals surface area contributed by atoms with Crippen LogP contribution in [-0.4, -0.2) is 47.3 Å². The molecular formula is C16H20N4O3. The number of hydrogen-bond acceptors (Lipinski definition) is 5. The van der Waals surface area contributed by atoms with Crippen LogP contribution in [0.15, 0.2) is 34.9 Å². The van der Waals surface area contributed by atoms with Crippen molar-refractivity contribution in [2.45, 2.75) is 25.6 Å². The van der Waals surface area contributed by atoms with E-state index in [1.54, 1.807) is 11.9 Å². The van der Waals surface area contributed by atoms with Crippen molar-refractivity contribution < 1.29 is 14.1 Å². The predicted molar refractivity (Wildman–Crippen MR) is 83.6 cm³/mol. The minimum Gasteiger partial charge on any atom is -0.367 e. The van der Waals surface area contributed by atoms with E-state index in [2.05, 4.69) is 15.5 Å². The molecule has 122 valence electrons. The first-order valence-corrected chi connectivity index (χ1v) is 7.72. The summed E-state index contributed by atoms with van der Waals surface area (Å²) in [6.07, 6.45) is 1.85. The average Bonchev–Trinajstić information content (AvgIpc) is 3.09. The van der Waals surface area contributed by atoms with Gasteiger partial charge in [0.25, 0.3) is 5.89 Å². The Labute approximate surface area is 134 Å². The van der Waals surface area contributed by atoms with Crippen LogP contribution in [0.3, 0.4) is 0 Å². The van der Waals surface area contributed by atoms with Crippen LogP contribution in [0.2, 0.25) is 0 Å². The molecule has 7 nitrogen and oxygen atoms in total. The molecule has 1 aliphatic heterocycles. The van der Waals surface area contributed by atoms with Gasteiger partial charge in [-0.05, 0) is 12.8 Å². The summed E-state index contributed by atoms with van der Waals surface area (Å²) >= 11 is 0. The molecule has 1 aromatic carbocycles. The van der Waals surface area contributed by atoms with Crippen LogP contribution in [0.4, 0.5) is 4.79 Å². The fourth-order valence-corrected chi connectivity index (χ4v) is 2.62. The van der Waals surface area contributed by atoms with E-state index in [4.69, 9.17) is 9.26 Å². The highest BCUT2D eigenvalue weighted by Crippen LogP contribution is 2.17. The highest BCUT2D eigenvalue weighted by Gasteiger charge is 2.24. The molecule has 3 rings (SSSR count). The van der Waals surface area contributed by atoms with Crippen molar-refractivity contribution in [1.29, 1.82) is 0 Å². The van der Waals surface area contributed by atoms with Crippen LogP contribution in [-0.2, 0) is 11.3 Å². The number of ether oxygens (including phenoxy) is 1. The van der Waals surface area contributed by atoms with E-state index < -0.39 is 0 Å². The lowest BCUT2D eigenvalue weighted by molar-refractivity contribution is -0.0102. The van der Waals surface area contributed by atoms with Gasteiger partial charge in [0.1, 0.15) is 6.61 Å². The topological polar surface area (TPSA) is 80.5 Å². The molecule has 1 saturated heterocycles. The molecule has 0 aliphatic carbocycles. The molecule has 2 aromatic rings. The fraction of sp³-hybridized carbons (Fsp3) is 0.438. The van der Waals surface area contributed by atoms with Gasteiger partial charge in [-0.1, -0.05) is 35.5 Å². The summed E-state index contributed by atoms with van der Waals surface area (Å²) in [5.74, 6) is 1.00. The molecule has 0 saturated carbocycles. The molecule has 0 unspecified atom stereocenters. The van der Waals surface area contributed by atoms with Crippen molar-refractivity contribution >= 4 is 6.03 Å². The van der Waals surface area contributed by atoms with Crippen molar-refractivity contribution in [2.75, 3.05) is 20.1 Å². The van der Waals surface area contributed by atoms with E-state index in [-0.39, 0.29) is 18.7 Å². The summed E-state index contributed by atoms with van der Waals surface area (Å²) < 4.78 is 11.1. The minimum absolute atomic E-state index is 0.00637. The van der Waals surface area contributed by atoms with Crippen molar-refractivity contribution in [2.24, 2.45) is 0 Å². The molecule has 0 radical (unpaired) electrons. The highest BCUT2D eigenvalue weighted by atomic mass is 16.5. The lowest BCUT2D eigenvalue weighted by Crippen LogP contribution is -2.46. The standard InChI is InChI=1S/C16H20N4O3/c1-17-16(21)20-9-5-8-13(10-20)22-11-14-18-15(19-23-14)12-6-3-2-4-7-12/h2-4,6-7,13H,5,8-11H2,1H3,(H,17,21)/t13-/m1/s1. The highest BCUT2D eigenvalue weighted by molar-refractivity contribution is 5.73. The van der Waals surface area contributed by atoms with E-state index in [9.17, 15) is 4.79 Å². The Morgan fingerprint density at radius 3 is 3.04 bits per heavy atom. The van der Waals surface area contributed by atoms with Gasteiger partial charge in [-0.15, -0.1) is 0 Å². The average molecular weight is 316 g/mol. The maximum Gasteiger partial charge on any atom is 0.317 e. The number of nitrogens with one attached hydrogen (secondary N) is 1. The smallest absolute Gasteiger partial charge is 0.317 e. The largest absolute Gasteiger partial charge is 0.367 e. The first kappa shape index (κ1) is 15.5. The first-order valence-electron chi connectivity index (χ1n) is 7.72. The number of piperidine rings is 1. The summed E-state index contributed by atoms with van der Waals surface area (Å²) in [6.45, 7) is 1.60. The Hall–Kier alpha value is -2.41. The van der Waals surface area contributed by atoms with E-state index in [0.717, 1.165) is 24.9 Å². The lowest BCUT2D eigenvalue weighted by Gasteiger charge is -2.31. The number of benzene rings is 1. The molecule has 23 heavy (non-hydrogen) atoms. The number of urea groups is 1. The van der Waals surface area contributed by atoms with Gasteiger partial charge in [0.15, 0.2) is 0 Å². The first-order chi connectivity index (χ1) is 11.3. The van der Waals surface area contributed by atoms with Crippen LogP contribution in [0.25, 0.3) is 11.4 Å². The molecule has 0 spiro atoms. The molecule has 1 N–H and O–H groups in total. The summed E-state index contributed by atoms with van der Waals surface area (Å²) in [5, 5.41) is 6.61. The van der Waals surface area contributed by atoms with Crippen LogP contribution in [0.1, 0.15) is 18.7 Å². The van der Waals surface area contributed by atoms with Gasteiger partial charge < -0.3 is 19.5 Å². The number of rotatable bonds is 4. The van der Waals surface area contributed by atoms with E-state index in [0.29, 0.717) is 18.3 Å². The third-order valence-corrected chi connectivity index (χ3v) is 3.82. The summed E-state index contributed by atoms with van der Waals surface area (Å²) in [7, 11) is 1.64. The Kier molecular flexibility index (Phi) is 4.87. The lowest BCUT2D eigenvalue weighted by atomic mass is 10.1. The van der Waals surface area contributed by atoms with Gasteiger partial charge in [0, 0.05) is 25.7 Å². The number of nitrogens with zero attached hydrogens (tertiary/aromatic N) is 3. The molecule has 0 bridgehead atoms. The van der Waals surface area contributed by atoms with Crippen LogP contribution in [0.5, 0.6) is 0 Å². The third kappa shape index (κ3) is 3.87. The van der Waals surface area contributed by atoms with Gasteiger partial charge >= 0.3 is 6.03 Å². The molecule has 7 heteroatoms. The fourth-order valence-electron chi connectivity index (χ4n) is 2.62. The van der Waals surface area contributed by atoms with Gasteiger partial charge in [-0.3, -0.25) is 0 Å². The number of likely N-dealkylation sites (tertiary alicyclic amines) is 1. The monoisotopic (exact) mass is 316 g/mol. The zero-order chi connectivity index (χ0) is 16.1. The predicted octanol–water partition coefficient (Wildman–Crippen LogP) is 2.06. The van der Waals surface area contributed by atoms with Crippen molar-refractivity contribution in [3.63, 3.8) is 0 Å². The van der Waals surface area contributed by atoms with Crippen LogP contribution >= 0.6 is 0 Å². The molecule has 1 atom stereocenters. The van der Waals surface area contributed by atoms with Gasteiger partial charge in [0.2, 0.25) is 5.82 Å². The maximum absolute atomic E-state index is 11.7. The van der Waals surface area contributed by atoms with E-state index in [1.165, 1.54) is 0 Å². The number of amides is 2. The summed E-state index contributed by atoms with van der Waals surface area (Å²) in [5.41, 5.74) is 0.908. The normalized spacial score (nSPS) is 18.0. The van der Waals surface area contributed by atoms with Crippen molar-refractivity contribution in [3.05, 3.63) is 36.2 Å². The van der Waals surface area contributed by atoms with Gasteiger partial charge in [-0.2, -0.15) is 4.98 Å². The molecule has 2 amide bonds. The van der Waals surface area contributed by atoms with Crippen molar-refractivity contribution in [3.8, 4) is 11.4 Å². The van der Waals surface area contributed by atoms with Crippen LogP contribution in [0, 0.1) is 0 Å². The Bertz CT molecular complexity index is 644. The Morgan fingerprint density at radius 2 is 2.26 bits per heavy atom. The number of carbonyl (C=O) groups excluding carboxylic acids is 1. The zero-order valence-electron chi connectivity index (χ0n) is 13.1. The van der Waals surface area contributed by atoms with Crippen LogP contribution < -0.4 is 5.32 Å². The SMILES string of the molecule is CNC(=O)N1CCC[C@@H](OCc2nc(-c3ccccc3)no2)C1.